The van der Waals surface area contributed by atoms with Crippen molar-refractivity contribution in [2.75, 3.05) is 53.4 Å². The van der Waals surface area contributed by atoms with Crippen molar-refractivity contribution >= 4 is 11.8 Å². The molecule has 2 fully saturated rings. The normalized spacial score (nSPS) is 27.8. The lowest BCUT2D eigenvalue weighted by atomic mass is 9.56. The van der Waals surface area contributed by atoms with Gasteiger partial charge in [-0.3, -0.25) is 19.2 Å². The fourth-order valence-corrected chi connectivity index (χ4v) is 13.2. The standard InChI is InChI=1S/C50H72N6O4/c1-35-29-37-31-43-41(17-19-45(57)51-43)49(33-35)39(37)15-13-25-55(49)47(59)21-27-53(3)23-11-9-7-5-6-8-10-12-24-54(4)28-22-48(60)56-26-14-16-40-38-30-36(2)34-50(40,56)42-18-20-46(58)52-44(42)32-38/h17-20,29-30,37-40H,5-16,21-28,31-34H2,1-4H3,(H,51,57)(H,52,58)/t37-,38-,39+,40+,49-,50-/m0/s1. The number of carbonyl (C=O) groups is 2. The summed E-state index contributed by atoms with van der Waals surface area (Å²) in [5.74, 6) is 2.13. The molecule has 326 valence electrons. The average molecular weight is 821 g/mol. The van der Waals surface area contributed by atoms with Crippen LogP contribution >= 0.6 is 0 Å². The smallest absolute Gasteiger partial charge is 0.248 e. The van der Waals surface area contributed by atoms with Gasteiger partial charge in [0.1, 0.15) is 0 Å². The summed E-state index contributed by atoms with van der Waals surface area (Å²) in [6, 6.07) is 7.36. The molecular formula is C50H72N6O4. The minimum Gasteiger partial charge on any atom is -0.332 e. The molecule has 0 aromatic carbocycles. The number of likely N-dealkylation sites (tertiary alicyclic amines) is 2. The van der Waals surface area contributed by atoms with E-state index in [1.165, 1.54) is 73.6 Å². The minimum atomic E-state index is -0.325. The van der Waals surface area contributed by atoms with E-state index < -0.39 is 0 Å². The predicted molar refractivity (Wildman–Crippen MR) is 239 cm³/mol. The molecule has 10 nitrogen and oxygen atoms in total. The van der Waals surface area contributed by atoms with E-state index >= 15 is 0 Å². The second-order valence-electron chi connectivity index (χ2n) is 19.9. The van der Waals surface area contributed by atoms with Gasteiger partial charge >= 0.3 is 0 Å². The van der Waals surface area contributed by atoms with Gasteiger partial charge in [0.15, 0.2) is 0 Å². The van der Waals surface area contributed by atoms with E-state index in [2.05, 4.69) is 69.7 Å². The highest BCUT2D eigenvalue weighted by Gasteiger charge is 2.58. The molecule has 2 amide bonds. The highest BCUT2D eigenvalue weighted by atomic mass is 16.2. The number of H-pyrrole nitrogens is 2. The molecule has 2 N–H and O–H groups in total. The zero-order chi connectivity index (χ0) is 42.0. The molecule has 0 saturated carbocycles. The number of nitrogens with zero attached hydrogens (tertiary/aromatic N) is 4. The van der Waals surface area contributed by atoms with Gasteiger partial charge in [-0.15, -0.1) is 0 Å². The van der Waals surface area contributed by atoms with E-state index in [1.807, 2.05) is 12.1 Å². The number of aromatic nitrogens is 2. The second-order valence-corrected chi connectivity index (χ2v) is 19.9. The van der Waals surface area contributed by atoms with E-state index in [0.717, 1.165) is 102 Å². The summed E-state index contributed by atoms with van der Waals surface area (Å²) in [5.41, 5.74) is 6.42. The summed E-state index contributed by atoms with van der Waals surface area (Å²) >= 11 is 0. The molecule has 0 spiro atoms. The molecule has 4 aliphatic carbocycles. The van der Waals surface area contributed by atoms with Crippen molar-refractivity contribution in [2.24, 2.45) is 23.7 Å². The Morgan fingerprint density at radius 1 is 0.617 bits per heavy atom. The third-order valence-corrected chi connectivity index (χ3v) is 15.8. The summed E-state index contributed by atoms with van der Waals surface area (Å²) in [7, 11) is 4.32. The highest BCUT2D eigenvalue weighted by molar-refractivity contribution is 5.79. The lowest BCUT2D eigenvalue weighted by molar-refractivity contribution is -0.149. The predicted octanol–water partition coefficient (Wildman–Crippen LogP) is 7.44. The number of hydrogen-bond donors (Lipinski definition) is 2. The molecule has 8 rings (SSSR count). The van der Waals surface area contributed by atoms with E-state index in [9.17, 15) is 19.2 Å². The third kappa shape index (κ3) is 8.41. The van der Waals surface area contributed by atoms with Crippen molar-refractivity contribution < 1.29 is 9.59 Å². The number of pyridine rings is 2. The zero-order valence-electron chi connectivity index (χ0n) is 37.2. The van der Waals surface area contributed by atoms with Crippen LogP contribution in [0.3, 0.4) is 0 Å². The molecule has 2 saturated heterocycles. The first-order valence-electron chi connectivity index (χ1n) is 23.8. The molecule has 10 heteroatoms. The largest absolute Gasteiger partial charge is 0.332 e. The maximum absolute atomic E-state index is 14.0. The number of piperidine rings is 2. The molecule has 2 aliphatic heterocycles. The number of aromatic amines is 2. The summed E-state index contributed by atoms with van der Waals surface area (Å²) < 4.78 is 0. The molecule has 0 radical (unpaired) electrons. The molecule has 2 aromatic heterocycles. The summed E-state index contributed by atoms with van der Waals surface area (Å²) in [6.45, 7) is 9.64. The van der Waals surface area contributed by atoms with Gasteiger partial charge in [-0.2, -0.15) is 0 Å². The second kappa shape index (κ2) is 18.3. The monoisotopic (exact) mass is 821 g/mol. The number of rotatable bonds is 17. The highest BCUT2D eigenvalue weighted by Crippen LogP contribution is 2.58. The van der Waals surface area contributed by atoms with Crippen LogP contribution in [0, 0.1) is 23.7 Å². The number of unbranched alkanes of at least 4 members (excludes halogenated alkanes) is 7. The van der Waals surface area contributed by atoms with E-state index in [-0.39, 0.29) is 34.0 Å². The maximum Gasteiger partial charge on any atom is 0.248 e. The first kappa shape index (κ1) is 42.9. The number of fused-ring (bicyclic) bond motifs is 2. The van der Waals surface area contributed by atoms with Gasteiger partial charge in [-0.1, -0.05) is 61.8 Å². The summed E-state index contributed by atoms with van der Waals surface area (Å²) in [4.78, 5) is 68.0. The van der Waals surface area contributed by atoms with Crippen molar-refractivity contribution in [3.05, 3.63) is 90.8 Å². The Kier molecular flexibility index (Phi) is 13.1. The van der Waals surface area contributed by atoms with Crippen molar-refractivity contribution in [2.45, 2.75) is 141 Å². The van der Waals surface area contributed by atoms with Crippen molar-refractivity contribution in [1.29, 1.82) is 0 Å². The van der Waals surface area contributed by atoms with Gasteiger partial charge in [0, 0.05) is 62.5 Å². The van der Waals surface area contributed by atoms with Crippen LogP contribution in [0.15, 0.2) is 57.2 Å². The van der Waals surface area contributed by atoms with Crippen LogP contribution in [0.25, 0.3) is 0 Å². The zero-order valence-corrected chi connectivity index (χ0v) is 37.2. The lowest BCUT2D eigenvalue weighted by Gasteiger charge is -2.59. The van der Waals surface area contributed by atoms with Crippen molar-refractivity contribution in [3.8, 4) is 0 Å². The molecule has 6 aliphatic rings. The van der Waals surface area contributed by atoms with Crippen molar-refractivity contribution in [1.82, 2.24) is 29.6 Å². The lowest BCUT2D eigenvalue weighted by Crippen LogP contribution is -2.62. The van der Waals surface area contributed by atoms with Crippen molar-refractivity contribution in [3.63, 3.8) is 0 Å². The Balaban J connectivity index is 0.702. The molecule has 4 bridgehead atoms. The van der Waals surface area contributed by atoms with Crippen LogP contribution in [0.5, 0.6) is 0 Å². The van der Waals surface area contributed by atoms with Gasteiger partial charge in [0.05, 0.1) is 11.1 Å². The third-order valence-electron chi connectivity index (χ3n) is 15.8. The SMILES string of the molecule is CC1=C[C@H]2Cc3[nH]c(=O)ccc3[C@]3(C1)[C@@H]2CCCN3C(=O)CCN(C)CCCCCCCCCCN(C)CCC(=O)N1CCC[C@@H]2[C@H]3C=C(C)C[C@@]21c1ccc(=O)[nH]c1C3. The summed E-state index contributed by atoms with van der Waals surface area (Å²) in [6.07, 6.45) is 23.6. The number of nitrogens with one attached hydrogen (secondary N) is 2. The van der Waals surface area contributed by atoms with E-state index in [4.69, 9.17) is 0 Å². The quantitative estimate of drug-likeness (QED) is 0.127. The van der Waals surface area contributed by atoms with Crippen LogP contribution in [-0.2, 0) is 33.5 Å². The number of carbonyl (C=O) groups excluding carboxylic acids is 2. The van der Waals surface area contributed by atoms with Gasteiger partial charge in [-0.25, -0.2) is 0 Å². The first-order valence-corrected chi connectivity index (χ1v) is 23.8. The Hall–Kier alpha value is -3.76. The number of allylic oxidation sites excluding steroid dienone is 2. The first-order chi connectivity index (χ1) is 29.0. The molecular weight excluding hydrogens is 749 g/mol. The van der Waals surface area contributed by atoms with Gasteiger partial charge in [-0.05, 0) is 152 Å². The fraction of sp³-hybridized carbons (Fsp3) is 0.680. The van der Waals surface area contributed by atoms with Crippen LogP contribution in [0.4, 0.5) is 0 Å². The molecule has 4 heterocycles. The number of amides is 2. The van der Waals surface area contributed by atoms with Gasteiger partial charge < -0.3 is 29.6 Å². The number of hydrogen-bond acceptors (Lipinski definition) is 6. The van der Waals surface area contributed by atoms with Gasteiger partial charge in [0.2, 0.25) is 22.9 Å². The Labute approximate surface area is 358 Å². The van der Waals surface area contributed by atoms with Crippen LogP contribution in [0.2, 0.25) is 0 Å². The van der Waals surface area contributed by atoms with Gasteiger partial charge in [0.25, 0.3) is 0 Å². The molecule has 0 unspecified atom stereocenters. The Morgan fingerprint density at radius 2 is 1.02 bits per heavy atom. The maximum atomic E-state index is 14.0. The Morgan fingerprint density at radius 3 is 1.43 bits per heavy atom. The molecule has 6 atom stereocenters. The van der Waals surface area contributed by atoms with Crippen LogP contribution < -0.4 is 11.1 Å². The minimum absolute atomic E-state index is 0.0478. The van der Waals surface area contributed by atoms with Crippen LogP contribution in [0.1, 0.15) is 139 Å². The fourth-order valence-electron chi connectivity index (χ4n) is 13.2. The summed E-state index contributed by atoms with van der Waals surface area (Å²) in [5, 5.41) is 0. The molecule has 2 aromatic rings. The molecule has 60 heavy (non-hydrogen) atoms. The Bertz CT molecular complexity index is 1920. The van der Waals surface area contributed by atoms with E-state index in [0.29, 0.717) is 36.5 Å². The van der Waals surface area contributed by atoms with Crippen LogP contribution in [-0.4, -0.2) is 94.7 Å². The topological polar surface area (TPSA) is 113 Å². The average Bonchev–Trinajstić information content (AvgIpc) is 3.21. The van der Waals surface area contributed by atoms with E-state index in [1.54, 1.807) is 12.1 Å².